The number of nitrogens with one attached hydrogen (secondary N) is 1. The highest BCUT2D eigenvalue weighted by Gasteiger charge is 2.22. The number of amides is 1. The highest BCUT2D eigenvalue weighted by molar-refractivity contribution is 6.32. The quantitative estimate of drug-likeness (QED) is 0.926. The highest BCUT2D eigenvalue weighted by atomic mass is 35.5. The molecule has 112 valence electrons. The average molecular weight is 319 g/mol. The Balaban J connectivity index is 0.00000200. The van der Waals surface area contributed by atoms with Crippen molar-refractivity contribution >= 4 is 29.9 Å². The van der Waals surface area contributed by atoms with Crippen molar-refractivity contribution in [2.24, 2.45) is 0 Å². The van der Waals surface area contributed by atoms with Gasteiger partial charge in [0, 0.05) is 13.1 Å². The number of halogens is 2. The summed E-state index contributed by atoms with van der Waals surface area (Å²) in [6, 6.07) is 7.49. The summed E-state index contributed by atoms with van der Waals surface area (Å²) >= 11 is 5.98. The minimum atomic E-state index is -0.00757. The molecule has 0 atom stereocenters. The molecule has 1 N–H and O–H groups in total. The lowest BCUT2D eigenvalue weighted by molar-refractivity contribution is -0.134. The van der Waals surface area contributed by atoms with Crippen LogP contribution in [0.25, 0.3) is 0 Å². The second-order valence-electron chi connectivity index (χ2n) is 4.70. The van der Waals surface area contributed by atoms with Crippen LogP contribution in [0.2, 0.25) is 5.02 Å². The summed E-state index contributed by atoms with van der Waals surface area (Å²) in [5.41, 5.74) is 0. The standard InChI is InChI=1S/C14H19ClN2O2.ClH/c1-17(11-6-8-16-9-7-11)14(18)10-19-13-5-3-2-4-12(13)15;/h2-5,11,16H,6-10H2,1H3;1H. The van der Waals surface area contributed by atoms with Crippen LogP contribution in [0.1, 0.15) is 12.8 Å². The topological polar surface area (TPSA) is 41.6 Å². The van der Waals surface area contributed by atoms with Gasteiger partial charge >= 0.3 is 0 Å². The molecule has 6 heteroatoms. The Labute approximate surface area is 130 Å². The van der Waals surface area contributed by atoms with Crippen LogP contribution in [0.3, 0.4) is 0 Å². The number of carbonyl (C=O) groups excluding carboxylic acids is 1. The van der Waals surface area contributed by atoms with Gasteiger partial charge in [-0.15, -0.1) is 12.4 Å². The number of benzene rings is 1. The van der Waals surface area contributed by atoms with Gasteiger partial charge in [0.15, 0.2) is 6.61 Å². The molecule has 0 aliphatic carbocycles. The van der Waals surface area contributed by atoms with E-state index in [2.05, 4.69) is 5.32 Å². The number of hydrogen-bond acceptors (Lipinski definition) is 3. The van der Waals surface area contributed by atoms with E-state index in [1.807, 2.05) is 19.2 Å². The molecular weight excluding hydrogens is 299 g/mol. The Hall–Kier alpha value is -0.970. The highest BCUT2D eigenvalue weighted by Crippen LogP contribution is 2.23. The van der Waals surface area contributed by atoms with Crippen LogP contribution in [0.4, 0.5) is 0 Å². The number of likely N-dealkylation sites (N-methyl/N-ethyl adjacent to an activating group) is 1. The third-order valence-electron chi connectivity index (χ3n) is 3.44. The molecule has 1 aliphatic heterocycles. The smallest absolute Gasteiger partial charge is 0.260 e. The van der Waals surface area contributed by atoms with E-state index in [0.29, 0.717) is 16.8 Å². The van der Waals surface area contributed by atoms with E-state index in [4.69, 9.17) is 16.3 Å². The first kappa shape index (κ1) is 17.1. The molecule has 1 aliphatic rings. The second-order valence-corrected chi connectivity index (χ2v) is 5.11. The molecule has 2 rings (SSSR count). The van der Waals surface area contributed by atoms with Gasteiger partial charge in [-0.05, 0) is 38.1 Å². The van der Waals surface area contributed by atoms with Crippen molar-refractivity contribution < 1.29 is 9.53 Å². The van der Waals surface area contributed by atoms with E-state index in [1.165, 1.54) is 0 Å². The predicted molar refractivity (Wildman–Crippen MR) is 82.9 cm³/mol. The van der Waals surface area contributed by atoms with Gasteiger partial charge in [0.1, 0.15) is 5.75 Å². The number of carbonyl (C=O) groups is 1. The first-order chi connectivity index (χ1) is 9.18. The fourth-order valence-corrected chi connectivity index (χ4v) is 2.39. The van der Waals surface area contributed by atoms with E-state index in [1.54, 1.807) is 17.0 Å². The zero-order valence-corrected chi connectivity index (χ0v) is 13.0. The van der Waals surface area contributed by atoms with Crippen LogP contribution in [0.15, 0.2) is 24.3 Å². The average Bonchev–Trinajstić information content (AvgIpc) is 2.46. The van der Waals surface area contributed by atoms with Crippen LogP contribution >= 0.6 is 24.0 Å². The molecule has 1 saturated heterocycles. The third-order valence-corrected chi connectivity index (χ3v) is 3.75. The van der Waals surface area contributed by atoms with Gasteiger partial charge < -0.3 is 15.0 Å². The van der Waals surface area contributed by atoms with Gasteiger partial charge in [-0.3, -0.25) is 4.79 Å². The molecule has 1 aromatic carbocycles. The summed E-state index contributed by atoms with van der Waals surface area (Å²) < 4.78 is 5.47. The molecule has 0 radical (unpaired) electrons. The minimum Gasteiger partial charge on any atom is -0.482 e. The third kappa shape index (κ3) is 4.54. The van der Waals surface area contributed by atoms with Gasteiger partial charge in [0.25, 0.3) is 5.91 Å². The molecule has 0 unspecified atom stereocenters. The van der Waals surface area contributed by atoms with Crippen LogP contribution in [-0.4, -0.2) is 43.6 Å². The lowest BCUT2D eigenvalue weighted by Crippen LogP contribution is -2.45. The Kier molecular flexibility index (Phi) is 7.13. The molecule has 1 amide bonds. The zero-order chi connectivity index (χ0) is 13.7. The number of piperidine rings is 1. The maximum atomic E-state index is 12.1. The monoisotopic (exact) mass is 318 g/mol. The van der Waals surface area contributed by atoms with E-state index in [9.17, 15) is 4.79 Å². The number of rotatable bonds is 4. The molecule has 0 saturated carbocycles. The van der Waals surface area contributed by atoms with Gasteiger partial charge in [-0.2, -0.15) is 0 Å². The van der Waals surface area contributed by atoms with Crippen molar-refractivity contribution in [3.63, 3.8) is 0 Å². The van der Waals surface area contributed by atoms with E-state index in [-0.39, 0.29) is 24.9 Å². The second kappa shape index (κ2) is 8.35. The Morgan fingerprint density at radius 1 is 1.40 bits per heavy atom. The number of para-hydroxylation sites is 1. The normalized spacial score (nSPS) is 15.3. The minimum absolute atomic E-state index is 0. The lowest BCUT2D eigenvalue weighted by atomic mass is 10.1. The van der Waals surface area contributed by atoms with Crippen LogP contribution in [0, 0.1) is 0 Å². The van der Waals surface area contributed by atoms with Gasteiger partial charge in [-0.1, -0.05) is 23.7 Å². The van der Waals surface area contributed by atoms with Crippen molar-refractivity contribution in [1.29, 1.82) is 0 Å². The van der Waals surface area contributed by atoms with Gasteiger partial charge in [0.05, 0.1) is 5.02 Å². The van der Waals surface area contributed by atoms with Crippen LogP contribution in [-0.2, 0) is 4.79 Å². The number of nitrogens with zero attached hydrogens (tertiary/aromatic N) is 1. The summed E-state index contributed by atoms with van der Waals surface area (Å²) in [5.74, 6) is 0.544. The molecule has 1 fully saturated rings. The van der Waals surface area contributed by atoms with E-state index in [0.717, 1.165) is 25.9 Å². The summed E-state index contributed by atoms with van der Waals surface area (Å²) in [4.78, 5) is 13.9. The summed E-state index contributed by atoms with van der Waals surface area (Å²) in [7, 11) is 1.84. The molecule has 4 nitrogen and oxygen atoms in total. The first-order valence-electron chi connectivity index (χ1n) is 6.52. The fourth-order valence-electron chi connectivity index (χ4n) is 2.20. The van der Waals surface area contributed by atoms with Gasteiger partial charge in [-0.25, -0.2) is 0 Å². The number of ether oxygens (including phenoxy) is 1. The Morgan fingerprint density at radius 3 is 2.70 bits per heavy atom. The van der Waals surface area contributed by atoms with Crippen LogP contribution < -0.4 is 10.1 Å². The van der Waals surface area contributed by atoms with Gasteiger partial charge in [0.2, 0.25) is 0 Å². The predicted octanol–water partition coefficient (Wildman–Crippen LogP) is 2.35. The zero-order valence-electron chi connectivity index (χ0n) is 11.5. The molecule has 1 aromatic rings. The van der Waals surface area contributed by atoms with Crippen LogP contribution in [0.5, 0.6) is 5.75 Å². The molecule has 0 aromatic heterocycles. The molecule has 20 heavy (non-hydrogen) atoms. The molecule has 1 heterocycles. The first-order valence-corrected chi connectivity index (χ1v) is 6.90. The Morgan fingerprint density at radius 2 is 2.05 bits per heavy atom. The van der Waals surface area contributed by atoms with Crippen molar-refractivity contribution in [2.75, 3.05) is 26.7 Å². The molecule has 0 spiro atoms. The molecule has 0 bridgehead atoms. The van der Waals surface area contributed by atoms with Crippen molar-refractivity contribution in [3.05, 3.63) is 29.3 Å². The van der Waals surface area contributed by atoms with Crippen molar-refractivity contribution in [3.8, 4) is 5.75 Å². The number of hydrogen-bond donors (Lipinski definition) is 1. The maximum Gasteiger partial charge on any atom is 0.260 e. The maximum absolute atomic E-state index is 12.1. The van der Waals surface area contributed by atoms with Crippen molar-refractivity contribution in [2.45, 2.75) is 18.9 Å². The summed E-state index contributed by atoms with van der Waals surface area (Å²) in [6.07, 6.45) is 1.99. The van der Waals surface area contributed by atoms with Crippen molar-refractivity contribution in [1.82, 2.24) is 10.2 Å². The lowest BCUT2D eigenvalue weighted by Gasteiger charge is -2.31. The summed E-state index contributed by atoms with van der Waals surface area (Å²) in [6.45, 7) is 1.96. The SMILES string of the molecule is CN(C(=O)COc1ccccc1Cl)C1CCNCC1.Cl. The molecular formula is C14H20Cl2N2O2. The largest absolute Gasteiger partial charge is 0.482 e. The van der Waals surface area contributed by atoms with E-state index >= 15 is 0 Å². The fraction of sp³-hybridized carbons (Fsp3) is 0.500. The summed E-state index contributed by atoms with van der Waals surface area (Å²) in [5, 5.41) is 3.81. The van der Waals surface area contributed by atoms with E-state index < -0.39 is 0 Å². The Bertz CT molecular complexity index is 437.